The molecule has 2 N–H and O–H groups in total. The molecule has 23 heavy (non-hydrogen) atoms. The van der Waals surface area contributed by atoms with Crippen LogP contribution in [-0.4, -0.2) is 18.0 Å². The molecule has 2 rings (SSSR count). The van der Waals surface area contributed by atoms with Crippen LogP contribution in [0.4, 0.5) is 10.1 Å². The normalized spacial score (nSPS) is 11.9. The Balaban J connectivity index is 1.85. The summed E-state index contributed by atoms with van der Waals surface area (Å²) >= 11 is 0. The summed E-state index contributed by atoms with van der Waals surface area (Å²) in [4.78, 5) is 23.3. The van der Waals surface area contributed by atoms with Crippen molar-refractivity contribution in [3.05, 3.63) is 66.0 Å². The number of anilines is 1. The molecule has 2 amide bonds. The fourth-order valence-electron chi connectivity index (χ4n) is 1.82. The van der Waals surface area contributed by atoms with Gasteiger partial charge in [-0.2, -0.15) is 5.10 Å². The van der Waals surface area contributed by atoms with E-state index in [1.54, 1.807) is 6.21 Å². The standard InChI is InChI=1S/C17H16FN3O2/c1-12(13-5-3-2-4-6-13)11-19-21-17(23)16(22)20-15-9-7-14(18)8-10-15/h2-12H,1H3,(H,20,22)(H,21,23). The molecule has 1 unspecified atom stereocenters. The molecular formula is C17H16FN3O2. The van der Waals surface area contributed by atoms with E-state index < -0.39 is 17.6 Å². The third kappa shape index (κ3) is 5.03. The van der Waals surface area contributed by atoms with Gasteiger partial charge in [-0.05, 0) is 29.8 Å². The van der Waals surface area contributed by atoms with Crippen molar-refractivity contribution < 1.29 is 14.0 Å². The summed E-state index contributed by atoms with van der Waals surface area (Å²) in [6, 6.07) is 14.7. The third-order valence-electron chi connectivity index (χ3n) is 3.10. The zero-order chi connectivity index (χ0) is 16.7. The van der Waals surface area contributed by atoms with Gasteiger partial charge >= 0.3 is 11.8 Å². The maximum Gasteiger partial charge on any atom is 0.329 e. The predicted octanol–water partition coefficient (Wildman–Crippen LogP) is 2.67. The van der Waals surface area contributed by atoms with Crippen LogP contribution in [0.1, 0.15) is 18.4 Å². The zero-order valence-corrected chi connectivity index (χ0v) is 12.5. The zero-order valence-electron chi connectivity index (χ0n) is 12.5. The van der Waals surface area contributed by atoms with Crippen molar-refractivity contribution in [2.45, 2.75) is 12.8 Å². The van der Waals surface area contributed by atoms with Gasteiger partial charge in [-0.15, -0.1) is 0 Å². The van der Waals surface area contributed by atoms with E-state index in [-0.39, 0.29) is 5.92 Å². The average Bonchev–Trinajstić information content (AvgIpc) is 2.57. The van der Waals surface area contributed by atoms with Crippen molar-refractivity contribution >= 4 is 23.7 Å². The minimum Gasteiger partial charge on any atom is -0.318 e. The Hall–Kier alpha value is -3.02. The highest BCUT2D eigenvalue weighted by Gasteiger charge is 2.13. The van der Waals surface area contributed by atoms with Crippen LogP contribution in [0.15, 0.2) is 59.7 Å². The van der Waals surface area contributed by atoms with Gasteiger partial charge in [0.05, 0.1) is 0 Å². The van der Waals surface area contributed by atoms with Gasteiger partial charge in [-0.25, -0.2) is 9.82 Å². The second-order valence-corrected chi connectivity index (χ2v) is 4.88. The molecule has 0 saturated carbocycles. The molecule has 0 fully saturated rings. The molecule has 0 aliphatic heterocycles. The second-order valence-electron chi connectivity index (χ2n) is 4.88. The number of hydrogen-bond donors (Lipinski definition) is 2. The largest absolute Gasteiger partial charge is 0.329 e. The Morgan fingerprint density at radius 1 is 1.04 bits per heavy atom. The van der Waals surface area contributed by atoms with Crippen LogP contribution in [0.2, 0.25) is 0 Å². The highest BCUT2D eigenvalue weighted by molar-refractivity contribution is 6.39. The molecule has 1 atom stereocenters. The maximum atomic E-state index is 12.8. The first-order chi connectivity index (χ1) is 11.1. The van der Waals surface area contributed by atoms with Crippen LogP contribution < -0.4 is 10.7 Å². The highest BCUT2D eigenvalue weighted by Crippen LogP contribution is 2.11. The van der Waals surface area contributed by atoms with E-state index in [9.17, 15) is 14.0 Å². The van der Waals surface area contributed by atoms with E-state index in [0.29, 0.717) is 5.69 Å². The topological polar surface area (TPSA) is 70.6 Å². The van der Waals surface area contributed by atoms with Gasteiger partial charge in [0.2, 0.25) is 0 Å². The fraction of sp³-hybridized carbons (Fsp3) is 0.118. The number of halogens is 1. The first-order valence-corrected chi connectivity index (χ1v) is 7.01. The van der Waals surface area contributed by atoms with Crippen molar-refractivity contribution in [3.63, 3.8) is 0 Å². The summed E-state index contributed by atoms with van der Waals surface area (Å²) < 4.78 is 12.8. The monoisotopic (exact) mass is 313 g/mol. The van der Waals surface area contributed by atoms with E-state index in [1.807, 2.05) is 37.3 Å². The molecule has 0 aromatic heterocycles. The molecule has 0 spiro atoms. The van der Waals surface area contributed by atoms with Crippen LogP contribution in [0.3, 0.4) is 0 Å². The minimum atomic E-state index is -0.897. The number of nitrogens with one attached hydrogen (secondary N) is 2. The van der Waals surface area contributed by atoms with Crippen molar-refractivity contribution in [2.75, 3.05) is 5.32 Å². The third-order valence-corrected chi connectivity index (χ3v) is 3.10. The summed E-state index contributed by atoms with van der Waals surface area (Å²) in [6.45, 7) is 1.92. The van der Waals surface area contributed by atoms with E-state index in [2.05, 4.69) is 15.8 Å². The molecule has 2 aromatic rings. The second kappa shape index (κ2) is 7.84. The Bertz CT molecular complexity index is 700. The van der Waals surface area contributed by atoms with Crippen molar-refractivity contribution in [1.29, 1.82) is 0 Å². The molecular weight excluding hydrogens is 297 g/mol. The number of carbonyl (C=O) groups excluding carboxylic acids is 2. The first kappa shape index (κ1) is 16.4. The smallest absolute Gasteiger partial charge is 0.318 e. The molecule has 0 aliphatic carbocycles. The van der Waals surface area contributed by atoms with Gasteiger partial charge in [-0.1, -0.05) is 37.3 Å². The first-order valence-electron chi connectivity index (χ1n) is 7.01. The lowest BCUT2D eigenvalue weighted by atomic mass is 10.0. The summed E-state index contributed by atoms with van der Waals surface area (Å²) in [6.07, 6.45) is 1.54. The predicted molar refractivity (Wildman–Crippen MR) is 86.5 cm³/mol. The molecule has 0 heterocycles. The van der Waals surface area contributed by atoms with Gasteiger partial charge < -0.3 is 5.32 Å². The van der Waals surface area contributed by atoms with E-state index in [1.165, 1.54) is 24.3 Å². The lowest BCUT2D eigenvalue weighted by molar-refractivity contribution is -0.136. The summed E-state index contributed by atoms with van der Waals surface area (Å²) in [7, 11) is 0. The molecule has 5 nitrogen and oxygen atoms in total. The highest BCUT2D eigenvalue weighted by atomic mass is 19.1. The number of benzene rings is 2. The minimum absolute atomic E-state index is 0.00309. The molecule has 0 aliphatic rings. The Labute approximate surface area is 133 Å². The molecule has 118 valence electrons. The van der Waals surface area contributed by atoms with E-state index in [0.717, 1.165) is 5.56 Å². The van der Waals surface area contributed by atoms with Crippen LogP contribution >= 0.6 is 0 Å². The number of amides is 2. The van der Waals surface area contributed by atoms with Crippen LogP contribution in [-0.2, 0) is 9.59 Å². The number of hydrazone groups is 1. The molecule has 2 aromatic carbocycles. The molecule has 0 saturated heterocycles. The van der Waals surface area contributed by atoms with Crippen molar-refractivity contribution in [2.24, 2.45) is 5.10 Å². The van der Waals surface area contributed by atoms with Crippen molar-refractivity contribution in [3.8, 4) is 0 Å². The summed E-state index contributed by atoms with van der Waals surface area (Å²) in [5, 5.41) is 6.13. The maximum absolute atomic E-state index is 12.8. The molecule has 0 bridgehead atoms. The lowest BCUT2D eigenvalue weighted by Crippen LogP contribution is -2.32. The lowest BCUT2D eigenvalue weighted by Gasteiger charge is -2.06. The van der Waals surface area contributed by atoms with Crippen LogP contribution in [0, 0.1) is 5.82 Å². The quantitative estimate of drug-likeness (QED) is 0.517. The summed E-state index contributed by atoms with van der Waals surface area (Å²) in [5.74, 6) is -2.20. The van der Waals surface area contributed by atoms with Gasteiger partial charge in [0.15, 0.2) is 0 Å². The fourth-order valence-corrected chi connectivity index (χ4v) is 1.82. The van der Waals surface area contributed by atoms with E-state index in [4.69, 9.17) is 0 Å². The Morgan fingerprint density at radius 2 is 1.70 bits per heavy atom. The SMILES string of the molecule is CC(C=NNC(=O)C(=O)Nc1ccc(F)cc1)c1ccccc1. The number of hydrogen-bond acceptors (Lipinski definition) is 3. The number of carbonyl (C=O) groups is 2. The number of rotatable bonds is 4. The van der Waals surface area contributed by atoms with Crippen molar-refractivity contribution in [1.82, 2.24) is 5.43 Å². The average molecular weight is 313 g/mol. The summed E-state index contributed by atoms with van der Waals surface area (Å²) in [5.41, 5.74) is 3.53. The molecule has 6 heteroatoms. The van der Waals surface area contributed by atoms with Gasteiger partial charge in [0, 0.05) is 17.8 Å². The Morgan fingerprint density at radius 3 is 2.35 bits per heavy atom. The van der Waals surface area contributed by atoms with Gasteiger partial charge in [0.1, 0.15) is 5.82 Å². The van der Waals surface area contributed by atoms with Gasteiger partial charge in [0.25, 0.3) is 0 Å². The number of nitrogens with zero attached hydrogens (tertiary/aromatic N) is 1. The van der Waals surface area contributed by atoms with Crippen LogP contribution in [0.5, 0.6) is 0 Å². The van der Waals surface area contributed by atoms with E-state index >= 15 is 0 Å². The van der Waals surface area contributed by atoms with Gasteiger partial charge in [-0.3, -0.25) is 9.59 Å². The molecule has 0 radical (unpaired) electrons. The van der Waals surface area contributed by atoms with Crippen LogP contribution in [0.25, 0.3) is 0 Å². The Kier molecular flexibility index (Phi) is 5.57.